The molecule has 1 aliphatic rings. The van der Waals surface area contributed by atoms with E-state index < -0.39 is 46.4 Å². The van der Waals surface area contributed by atoms with Gasteiger partial charge in [0.2, 0.25) is 0 Å². The Balaban J connectivity index is 1.72. The topological polar surface area (TPSA) is 136 Å². The minimum atomic E-state index is -1.39. The van der Waals surface area contributed by atoms with Gasteiger partial charge in [0.05, 0.1) is 10.5 Å². The van der Waals surface area contributed by atoms with Crippen LogP contribution in [0.25, 0.3) is 0 Å². The van der Waals surface area contributed by atoms with Crippen LogP contribution in [0.15, 0.2) is 48.5 Å². The number of benzene rings is 2. The number of hydrogen-bond acceptors (Lipinski definition) is 7. The first kappa shape index (κ1) is 20.6. The lowest BCUT2D eigenvalue weighted by Crippen LogP contribution is -2.45. The number of nitrogens with one attached hydrogen (secondary N) is 1. The summed E-state index contributed by atoms with van der Waals surface area (Å²) < 4.78 is 5.10. The first-order valence-electron chi connectivity index (χ1n) is 8.94. The number of rotatable bonds is 6. The van der Waals surface area contributed by atoms with Gasteiger partial charge in [-0.15, -0.1) is 0 Å². The lowest BCUT2D eigenvalue weighted by molar-refractivity contribution is -0.385. The zero-order valence-corrected chi connectivity index (χ0v) is 16.0. The third-order valence-corrected chi connectivity index (χ3v) is 4.55. The van der Waals surface area contributed by atoms with Gasteiger partial charge in [0.15, 0.2) is 6.10 Å². The first-order chi connectivity index (χ1) is 14.2. The fourth-order valence-electron chi connectivity index (χ4n) is 2.99. The molecule has 2 aromatic carbocycles. The molecule has 3 rings (SSSR count). The van der Waals surface area contributed by atoms with Gasteiger partial charge in [0.1, 0.15) is 11.6 Å². The highest BCUT2D eigenvalue weighted by Gasteiger charge is 2.45. The number of imide groups is 1. The minimum absolute atomic E-state index is 0.163. The van der Waals surface area contributed by atoms with E-state index in [4.69, 9.17) is 4.74 Å². The Labute approximate surface area is 170 Å². The molecule has 1 heterocycles. The van der Waals surface area contributed by atoms with E-state index in [0.717, 1.165) is 6.07 Å². The predicted octanol–water partition coefficient (Wildman–Crippen LogP) is 2.15. The van der Waals surface area contributed by atoms with E-state index in [-0.39, 0.29) is 11.1 Å². The van der Waals surface area contributed by atoms with E-state index in [0.29, 0.717) is 10.6 Å². The highest BCUT2D eigenvalue weighted by molar-refractivity contribution is 6.24. The highest BCUT2D eigenvalue weighted by Crippen LogP contribution is 2.32. The van der Waals surface area contributed by atoms with Gasteiger partial charge in [-0.3, -0.25) is 29.4 Å². The molecule has 0 aliphatic carbocycles. The zero-order valence-electron chi connectivity index (χ0n) is 16.0. The van der Waals surface area contributed by atoms with Gasteiger partial charge in [-0.1, -0.05) is 24.3 Å². The number of nitro groups is 1. The molecule has 0 saturated heterocycles. The lowest BCUT2D eigenvalue weighted by atomic mass is 10.1. The van der Waals surface area contributed by atoms with Gasteiger partial charge >= 0.3 is 5.97 Å². The highest BCUT2D eigenvalue weighted by atomic mass is 16.6. The summed E-state index contributed by atoms with van der Waals surface area (Å²) in [6, 6.07) is 10.8. The van der Waals surface area contributed by atoms with Crippen LogP contribution in [0.4, 0.5) is 11.4 Å². The van der Waals surface area contributed by atoms with Crippen molar-refractivity contribution in [2.24, 2.45) is 0 Å². The van der Waals surface area contributed by atoms with Gasteiger partial charge in [-0.2, -0.15) is 0 Å². The monoisotopic (exact) mass is 411 g/mol. The molecule has 0 bridgehead atoms. The number of esters is 1. The van der Waals surface area contributed by atoms with E-state index in [1.165, 1.54) is 26.0 Å². The van der Waals surface area contributed by atoms with Gasteiger partial charge in [-0.25, -0.2) is 4.79 Å². The third kappa shape index (κ3) is 3.75. The first-order valence-corrected chi connectivity index (χ1v) is 8.94. The molecule has 2 atom stereocenters. The van der Waals surface area contributed by atoms with E-state index in [2.05, 4.69) is 5.32 Å². The van der Waals surface area contributed by atoms with Gasteiger partial charge in [-0.05, 0) is 32.0 Å². The van der Waals surface area contributed by atoms with Crippen LogP contribution in [0.5, 0.6) is 0 Å². The Hall–Kier alpha value is -4.08. The van der Waals surface area contributed by atoms with Crippen molar-refractivity contribution in [3.05, 3.63) is 69.8 Å². The second kappa shape index (κ2) is 8.11. The maximum atomic E-state index is 12.7. The van der Waals surface area contributed by atoms with Gasteiger partial charge < -0.3 is 10.1 Å². The van der Waals surface area contributed by atoms with Crippen molar-refractivity contribution in [2.45, 2.75) is 26.0 Å². The molecule has 0 radical (unpaired) electrons. The van der Waals surface area contributed by atoms with Crippen LogP contribution < -0.4 is 5.32 Å². The Morgan fingerprint density at radius 2 is 1.70 bits per heavy atom. The van der Waals surface area contributed by atoms with E-state index in [9.17, 15) is 29.3 Å². The van der Waals surface area contributed by atoms with Crippen LogP contribution in [-0.4, -0.2) is 45.7 Å². The largest absolute Gasteiger partial charge is 0.451 e. The van der Waals surface area contributed by atoms with Crippen LogP contribution in [0.3, 0.4) is 0 Å². The second-order valence-electron chi connectivity index (χ2n) is 6.55. The van der Waals surface area contributed by atoms with Crippen LogP contribution in [0.1, 0.15) is 34.6 Å². The van der Waals surface area contributed by atoms with Crippen LogP contribution >= 0.6 is 0 Å². The number of nitro benzene ring substituents is 1. The summed E-state index contributed by atoms with van der Waals surface area (Å²) in [6.07, 6.45) is -1.20. The van der Waals surface area contributed by atoms with E-state index in [1.807, 2.05) is 0 Å². The summed E-state index contributed by atoms with van der Waals surface area (Å²) in [5.41, 5.74) is -0.554. The fourth-order valence-corrected chi connectivity index (χ4v) is 2.99. The summed E-state index contributed by atoms with van der Waals surface area (Å²) >= 11 is 0. The molecule has 0 aromatic heterocycles. The van der Waals surface area contributed by atoms with Crippen LogP contribution in [0.2, 0.25) is 0 Å². The minimum Gasteiger partial charge on any atom is -0.451 e. The van der Waals surface area contributed by atoms with Crippen molar-refractivity contribution in [1.82, 2.24) is 4.90 Å². The van der Waals surface area contributed by atoms with Crippen molar-refractivity contribution >= 4 is 35.1 Å². The second-order valence-corrected chi connectivity index (χ2v) is 6.55. The molecule has 10 heteroatoms. The van der Waals surface area contributed by atoms with Crippen molar-refractivity contribution in [3.63, 3.8) is 0 Å². The maximum Gasteiger partial charge on any atom is 0.329 e. The van der Waals surface area contributed by atoms with Crippen LogP contribution in [0, 0.1) is 10.1 Å². The standard InChI is InChI=1S/C20H17N3O7/c1-11(20(27)30-12(2)17(24)21-13-7-4-3-5-8-13)22-18(25)14-9-6-10-15(23(28)29)16(14)19(22)26/h3-12H,1-2H3,(H,21,24)/t11-,12+/m1/s1. The SMILES string of the molecule is C[C@H](OC(=O)[C@@H](C)N1C(=O)c2cccc([N+](=O)[O-])c2C1=O)C(=O)Nc1ccccc1. The number of fused-ring (bicyclic) bond motifs is 1. The number of carbonyl (C=O) groups excluding carboxylic acids is 4. The number of carbonyl (C=O) groups is 4. The average Bonchev–Trinajstić information content (AvgIpc) is 2.98. The smallest absolute Gasteiger partial charge is 0.329 e. The lowest BCUT2D eigenvalue weighted by Gasteiger charge is -2.22. The number of ether oxygens (including phenoxy) is 1. The molecular weight excluding hydrogens is 394 g/mol. The molecule has 10 nitrogen and oxygen atoms in total. The molecule has 3 amide bonds. The number of hydrogen-bond donors (Lipinski definition) is 1. The number of amides is 3. The van der Waals surface area contributed by atoms with Crippen molar-refractivity contribution < 1.29 is 28.8 Å². The molecule has 0 fully saturated rings. The van der Waals surface area contributed by atoms with Gasteiger partial charge in [0.25, 0.3) is 23.4 Å². The summed E-state index contributed by atoms with van der Waals surface area (Å²) in [5, 5.41) is 13.7. The molecule has 2 aromatic rings. The molecule has 0 unspecified atom stereocenters. The average molecular weight is 411 g/mol. The summed E-state index contributed by atoms with van der Waals surface area (Å²) in [4.78, 5) is 60.9. The van der Waals surface area contributed by atoms with E-state index in [1.54, 1.807) is 30.3 Å². The molecular formula is C20H17N3O7. The summed E-state index contributed by atoms with van der Waals surface area (Å²) in [7, 11) is 0. The Morgan fingerprint density at radius 3 is 2.33 bits per heavy atom. The Bertz CT molecular complexity index is 1050. The predicted molar refractivity (Wildman–Crippen MR) is 104 cm³/mol. The molecule has 0 saturated carbocycles. The fraction of sp³-hybridized carbons (Fsp3) is 0.200. The third-order valence-electron chi connectivity index (χ3n) is 4.55. The Kier molecular flexibility index (Phi) is 5.58. The molecule has 1 N–H and O–H groups in total. The summed E-state index contributed by atoms with van der Waals surface area (Å²) in [6.45, 7) is 2.59. The van der Waals surface area contributed by atoms with Crippen molar-refractivity contribution in [1.29, 1.82) is 0 Å². The molecule has 1 aliphatic heterocycles. The molecule has 0 spiro atoms. The van der Waals surface area contributed by atoms with Crippen molar-refractivity contribution in [3.8, 4) is 0 Å². The van der Waals surface area contributed by atoms with Crippen LogP contribution in [-0.2, 0) is 14.3 Å². The van der Waals surface area contributed by atoms with E-state index >= 15 is 0 Å². The number of nitrogens with zero attached hydrogens (tertiary/aromatic N) is 2. The maximum absolute atomic E-state index is 12.7. The normalized spacial score (nSPS) is 14.7. The summed E-state index contributed by atoms with van der Waals surface area (Å²) in [5.74, 6) is -3.40. The number of para-hydroxylation sites is 1. The number of anilines is 1. The van der Waals surface area contributed by atoms with Crippen molar-refractivity contribution in [2.75, 3.05) is 5.32 Å². The quantitative estimate of drug-likeness (QED) is 0.333. The van der Waals surface area contributed by atoms with Gasteiger partial charge in [0, 0.05) is 11.8 Å². The molecule has 154 valence electrons. The Morgan fingerprint density at radius 1 is 1.03 bits per heavy atom. The molecule has 30 heavy (non-hydrogen) atoms. The zero-order chi connectivity index (χ0) is 22.0.